The number of para-hydroxylation sites is 1. The molecule has 1 saturated heterocycles. The number of aromatic nitrogens is 2. The molecular weight excluding hydrogens is 342 g/mol. The molecule has 0 radical (unpaired) electrons. The molecule has 1 fully saturated rings. The number of nitrogens with zero attached hydrogens (tertiary/aromatic N) is 3. The van der Waals surface area contributed by atoms with Gasteiger partial charge in [0.15, 0.2) is 0 Å². The minimum atomic E-state index is -0.919. The van der Waals surface area contributed by atoms with Gasteiger partial charge in [0, 0.05) is 25.5 Å². The molecule has 0 unspecified atom stereocenters. The number of carbonyl (C=O) groups is 2. The molecule has 4 rings (SSSR count). The molecule has 27 heavy (non-hydrogen) atoms. The topological polar surface area (TPSA) is 83.4 Å². The van der Waals surface area contributed by atoms with E-state index in [0.29, 0.717) is 41.2 Å². The molecule has 0 aliphatic carbocycles. The van der Waals surface area contributed by atoms with Crippen molar-refractivity contribution >= 4 is 22.9 Å². The van der Waals surface area contributed by atoms with Gasteiger partial charge in [-0.3, -0.25) is 14.8 Å². The largest absolute Gasteiger partial charge is 0.478 e. The standard InChI is InChI=1S/C21H19N3O3/c25-20(17-5-2-6-18-19(17)23-9-8-22-18)24-10-7-15(13-24)11-14-3-1-4-16(12-14)21(26)27/h1-6,8-9,12,15H,7,10-11,13H2,(H,26,27)/t15-/m1/s1. The van der Waals surface area contributed by atoms with E-state index in [1.807, 2.05) is 23.1 Å². The fourth-order valence-electron chi connectivity index (χ4n) is 3.68. The Kier molecular flexibility index (Phi) is 4.54. The Balaban J connectivity index is 1.48. The predicted octanol–water partition coefficient (Wildman–Crippen LogP) is 3.03. The van der Waals surface area contributed by atoms with Gasteiger partial charge in [0.25, 0.3) is 5.91 Å². The van der Waals surface area contributed by atoms with Crippen molar-refractivity contribution in [3.63, 3.8) is 0 Å². The summed E-state index contributed by atoms with van der Waals surface area (Å²) in [5.74, 6) is -0.626. The first-order valence-corrected chi connectivity index (χ1v) is 8.93. The zero-order valence-electron chi connectivity index (χ0n) is 14.7. The second-order valence-corrected chi connectivity index (χ2v) is 6.85. The van der Waals surface area contributed by atoms with Gasteiger partial charge < -0.3 is 10.0 Å². The van der Waals surface area contributed by atoms with Crippen LogP contribution in [0.3, 0.4) is 0 Å². The Morgan fingerprint density at radius 3 is 2.78 bits per heavy atom. The fourth-order valence-corrected chi connectivity index (χ4v) is 3.68. The summed E-state index contributed by atoms with van der Waals surface area (Å²) in [6, 6.07) is 12.5. The van der Waals surface area contributed by atoms with Crippen LogP contribution in [0.1, 0.15) is 32.7 Å². The SMILES string of the molecule is O=C(O)c1cccc(C[C@H]2CCN(C(=O)c3cccc4nccnc34)C2)c1. The second-order valence-electron chi connectivity index (χ2n) is 6.85. The summed E-state index contributed by atoms with van der Waals surface area (Å²) in [5, 5.41) is 9.13. The van der Waals surface area contributed by atoms with Crippen molar-refractivity contribution in [2.24, 2.45) is 5.92 Å². The van der Waals surface area contributed by atoms with Gasteiger partial charge in [-0.2, -0.15) is 0 Å². The Bertz CT molecular complexity index is 1010. The molecule has 6 nitrogen and oxygen atoms in total. The minimum absolute atomic E-state index is 0.0251. The van der Waals surface area contributed by atoms with Gasteiger partial charge in [0.2, 0.25) is 0 Å². The number of benzene rings is 2. The molecule has 2 aromatic carbocycles. The highest BCUT2D eigenvalue weighted by Gasteiger charge is 2.28. The number of fused-ring (bicyclic) bond motifs is 1. The third kappa shape index (κ3) is 3.51. The average molecular weight is 361 g/mol. The first-order chi connectivity index (χ1) is 13.1. The number of likely N-dealkylation sites (tertiary alicyclic amines) is 1. The van der Waals surface area contributed by atoms with Crippen molar-refractivity contribution in [2.75, 3.05) is 13.1 Å². The van der Waals surface area contributed by atoms with Crippen molar-refractivity contribution in [2.45, 2.75) is 12.8 Å². The summed E-state index contributed by atoms with van der Waals surface area (Å²) in [7, 11) is 0. The monoisotopic (exact) mass is 361 g/mol. The summed E-state index contributed by atoms with van der Waals surface area (Å²) in [5.41, 5.74) is 3.21. The number of hydrogen-bond acceptors (Lipinski definition) is 4. The van der Waals surface area contributed by atoms with Crippen LogP contribution in [0.25, 0.3) is 11.0 Å². The van der Waals surface area contributed by atoms with Crippen LogP contribution < -0.4 is 0 Å². The number of aromatic carboxylic acids is 1. The fraction of sp³-hybridized carbons (Fsp3) is 0.238. The van der Waals surface area contributed by atoms with Gasteiger partial charge in [0.05, 0.1) is 16.6 Å². The molecule has 3 aromatic rings. The maximum Gasteiger partial charge on any atom is 0.335 e. The lowest BCUT2D eigenvalue weighted by Crippen LogP contribution is -2.29. The maximum atomic E-state index is 13.0. The van der Waals surface area contributed by atoms with E-state index in [9.17, 15) is 9.59 Å². The number of hydrogen-bond donors (Lipinski definition) is 1. The van der Waals surface area contributed by atoms with Crippen LogP contribution in [0.5, 0.6) is 0 Å². The number of carbonyl (C=O) groups excluding carboxylic acids is 1. The Morgan fingerprint density at radius 1 is 1.11 bits per heavy atom. The van der Waals surface area contributed by atoms with Crippen molar-refractivity contribution in [3.05, 3.63) is 71.5 Å². The van der Waals surface area contributed by atoms with Gasteiger partial charge in [-0.15, -0.1) is 0 Å². The molecule has 0 bridgehead atoms. The van der Waals surface area contributed by atoms with Gasteiger partial charge in [-0.05, 0) is 48.6 Å². The van der Waals surface area contributed by atoms with E-state index in [0.717, 1.165) is 18.4 Å². The molecule has 2 heterocycles. The van der Waals surface area contributed by atoms with Crippen LogP contribution in [-0.2, 0) is 6.42 Å². The van der Waals surface area contributed by atoms with Crippen LogP contribution in [0.2, 0.25) is 0 Å². The summed E-state index contributed by atoms with van der Waals surface area (Å²) in [4.78, 5) is 34.6. The highest BCUT2D eigenvalue weighted by atomic mass is 16.4. The van der Waals surface area contributed by atoms with Crippen molar-refractivity contribution < 1.29 is 14.7 Å². The Morgan fingerprint density at radius 2 is 1.93 bits per heavy atom. The third-order valence-corrected chi connectivity index (χ3v) is 5.00. The van der Waals surface area contributed by atoms with Crippen LogP contribution in [0.15, 0.2) is 54.9 Å². The normalized spacial score (nSPS) is 16.6. The molecule has 1 aromatic heterocycles. The number of carboxylic acids is 1. The lowest BCUT2D eigenvalue weighted by atomic mass is 9.97. The van der Waals surface area contributed by atoms with Gasteiger partial charge in [0.1, 0.15) is 5.52 Å². The maximum absolute atomic E-state index is 13.0. The van der Waals surface area contributed by atoms with Gasteiger partial charge in [-0.1, -0.05) is 18.2 Å². The van der Waals surface area contributed by atoms with Crippen LogP contribution in [0.4, 0.5) is 0 Å². The third-order valence-electron chi connectivity index (χ3n) is 5.00. The molecule has 1 N–H and O–H groups in total. The molecule has 1 aliphatic heterocycles. The molecule has 1 atom stereocenters. The first kappa shape index (κ1) is 17.1. The highest BCUT2D eigenvalue weighted by Crippen LogP contribution is 2.24. The lowest BCUT2D eigenvalue weighted by molar-refractivity contribution is 0.0696. The number of rotatable bonds is 4. The van der Waals surface area contributed by atoms with E-state index in [-0.39, 0.29) is 5.91 Å². The highest BCUT2D eigenvalue weighted by molar-refractivity contribution is 6.04. The smallest absolute Gasteiger partial charge is 0.335 e. The zero-order chi connectivity index (χ0) is 18.8. The quantitative estimate of drug-likeness (QED) is 0.772. The van der Waals surface area contributed by atoms with E-state index in [2.05, 4.69) is 9.97 Å². The average Bonchev–Trinajstić information content (AvgIpc) is 3.15. The van der Waals surface area contributed by atoms with E-state index < -0.39 is 5.97 Å². The Hall–Kier alpha value is -3.28. The van der Waals surface area contributed by atoms with E-state index in [1.54, 1.807) is 36.7 Å². The number of carboxylic acid groups (broad SMARTS) is 1. The number of amides is 1. The van der Waals surface area contributed by atoms with E-state index in [1.165, 1.54) is 0 Å². The molecule has 0 saturated carbocycles. The molecule has 0 spiro atoms. The molecule has 6 heteroatoms. The predicted molar refractivity (Wildman–Crippen MR) is 101 cm³/mol. The molecule has 136 valence electrons. The molecule has 1 aliphatic rings. The lowest BCUT2D eigenvalue weighted by Gasteiger charge is -2.17. The van der Waals surface area contributed by atoms with Crippen molar-refractivity contribution in [1.29, 1.82) is 0 Å². The van der Waals surface area contributed by atoms with Crippen LogP contribution >= 0.6 is 0 Å². The van der Waals surface area contributed by atoms with Crippen molar-refractivity contribution in [1.82, 2.24) is 14.9 Å². The first-order valence-electron chi connectivity index (χ1n) is 8.93. The summed E-state index contributed by atoms with van der Waals surface area (Å²) in [6.07, 6.45) is 4.88. The van der Waals surface area contributed by atoms with Gasteiger partial charge >= 0.3 is 5.97 Å². The molecule has 1 amide bonds. The van der Waals surface area contributed by atoms with Crippen LogP contribution in [0, 0.1) is 5.92 Å². The summed E-state index contributed by atoms with van der Waals surface area (Å²) < 4.78 is 0. The summed E-state index contributed by atoms with van der Waals surface area (Å²) in [6.45, 7) is 1.35. The Labute approximate surface area is 156 Å². The van der Waals surface area contributed by atoms with Crippen LogP contribution in [-0.4, -0.2) is 44.9 Å². The van der Waals surface area contributed by atoms with Gasteiger partial charge in [-0.25, -0.2) is 4.79 Å². The van der Waals surface area contributed by atoms with Crippen molar-refractivity contribution in [3.8, 4) is 0 Å². The second kappa shape index (κ2) is 7.15. The zero-order valence-corrected chi connectivity index (χ0v) is 14.7. The minimum Gasteiger partial charge on any atom is -0.478 e. The molecular formula is C21H19N3O3. The van der Waals surface area contributed by atoms with E-state index in [4.69, 9.17) is 5.11 Å². The summed E-state index contributed by atoms with van der Waals surface area (Å²) >= 11 is 0. The van der Waals surface area contributed by atoms with E-state index >= 15 is 0 Å².